The van der Waals surface area contributed by atoms with E-state index in [4.69, 9.17) is 0 Å². The van der Waals surface area contributed by atoms with Crippen molar-refractivity contribution in [3.63, 3.8) is 0 Å². The summed E-state index contributed by atoms with van der Waals surface area (Å²) in [4.78, 5) is 0. The molecular formula is C15H14F2N4. The van der Waals surface area contributed by atoms with Crippen LogP contribution in [-0.4, -0.2) is 10.2 Å². The lowest BCUT2D eigenvalue weighted by atomic mass is 10.0. The summed E-state index contributed by atoms with van der Waals surface area (Å²) in [5.74, 6) is -1.84. The molecule has 0 aliphatic heterocycles. The summed E-state index contributed by atoms with van der Waals surface area (Å²) in [6.07, 6.45) is 1.27. The Morgan fingerprint density at radius 1 is 1.19 bits per heavy atom. The second-order valence-electron chi connectivity index (χ2n) is 4.39. The van der Waals surface area contributed by atoms with E-state index >= 15 is 0 Å². The van der Waals surface area contributed by atoms with Crippen molar-refractivity contribution in [1.29, 1.82) is 5.26 Å². The number of benzene rings is 1. The summed E-state index contributed by atoms with van der Waals surface area (Å²) in [5.41, 5.74) is 1.74. The molecule has 0 unspecified atom stereocenters. The van der Waals surface area contributed by atoms with Gasteiger partial charge in [-0.25, -0.2) is 8.78 Å². The van der Waals surface area contributed by atoms with Gasteiger partial charge in [0, 0.05) is 0 Å². The number of aromatic nitrogens is 2. The van der Waals surface area contributed by atoms with Gasteiger partial charge in [-0.2, -0.15) is 10.4 Å². The summed E-state index contributed by atoms with van der Waals surface area (Å²) in [5, 5.41) is 19.9. The number of nitrogens with zero attached hydrogens (tertiary/aromatic N) is 3. The fraction of sp³-hybridized carbons (Fsp3) is 0.267. The van der Waals surface area contributed by atoms with E-state index in [9.17, 15) is 14.0 Å². The Labute approximate surface area is 121 Å². The largest absolute Gasteiger partial charge is 0.335 e. The van der Waals surface area contributed by atoms with E-state index in [-0.39, 0.29) is 11.5 Å². The molecule has 1 aromatic carbocycles. The Kier molecular flexibility index (Phi) is 4.43. The molecule has 0 amide bonds. The number of rotatable bonds is 4. The van der Waals surface area contributed by atoms with Gasteiger partial charge in [0.25, 0.3) is 0 Å². The average molecular weight is 288 g/mol. The van der Waals surface area contributed by atoms with Crippen molar-refractivity contribution < 1.29 is 8.78 Å². The first kappa shape index (κ1) is 14.9. The molecule has 0 aliphatic carbocycles. The first-order chi connectivity index (χ1) is 10.1. The highest BCUT2D eigenvalue weighted by Crippen LogP contribution is 2.25. The topological polar surface area (TPSA) is 61.6 Å². The quantitative estimate of drug-likeness (QED) is 0.935. The lowest BCUT2D eigenvalue weighted by Crippen LogP contribution is -2.08. The minimum Gasteiger partial charge on any atom is -0.335 e. The summed E-state index contributed by atoms with van der Waals surface area (Å²) >= 11 is 0. The molecule has 21 heavy (non-hydrogen) atoms. The van der Waals surface area contributed by atoms with E-state index in [0.717, 1.165) is 17.3 Å². The maximum Gasteiger partial charge on any atom is 0.182 e. The van der Waals surface area contributed by atoms with E-state index < -0.39 is 11.6 Å². The third kappa shape index (κ3) is 2.82. The molecule has 0 saturated heterocycles. The van der Waals surface area contributed by atoms with E-state index in [1.165, 1.54) is 12.1 Å². The van der Waals surface area contributed by atoms with E-state index in [0.29, 0.717) is 18.4 Å². The smallest absolute Gasteiger partial charge is 0.182 e. The maximum absolute atomic E-state index is 13.7. The van der Waals surface area contributed by atoms with Crippen LogP contribution in [0.15, 0.2) is 18.2 Å². The van der Waals surface area contributed by atoms with Crippen molar-refractivity contribution in [2.24, 2.45) is 0 Å². The molecule has 0 saturated carbocycles. The number of halogens is 2. The van der Waals surface area contributed by atoms with Gasteiger partial charge in [0.1, 0.15) is 11.6 Å². The predicted octanol–water partition coefficient (Wildman–Crippen LogP) is 3.49. The van der Waals surface area contributed by atoms with Crippen molar-refractivity contribution >= 4 is 11.5 Å². The van der Waals surface area contributed by atoms with Gasteiger partial charge in [-0.05, 0) is 30.5 Å². The van der Waals surface area contributed by atoms with Gasteiger partial charge in [0.15, 0.2) is 17.5 Å². The third-order valence-corrected chi connectivity index (χ3v) is 3.16. The monoisotopic (exact) mass is 288 g/mol. The molecule has 6 heteroatoms. The SMILES string of the molecule is CCc1nnc(Nc2cccc(F)c2F)c(C#N)c1CC. The van der Waals surface area contributed by atoms with Gasteiger partial charge in [-0.3, -0.25) is 0 Å². The molecule has 0 spiro atoms. The van der Waals surface area contributed by atoms with Gasteiger partial charge in [-0.1, -0.05) is 19.9 Å². The molecule has 0 radical (unpaired) electrons. The lowest BCUT2D eigenvalue weighted by molar-refractivity contribution is 0.511. The molecule has 4 nitrogen and oxygen atoms in total. The molecule has 1 aromatic heterocycles. The second kappa shape index (κ2) is 6.27. The zero-order valence-corrected chi connectivity index (χ0v) is 11.7. The van der Waals surface area contributed by atoms with Crippen molar-refractivity contribution in [3.05, 3.63) is 46.7 Å². The van der Waals surface area contributed by atoms with Crippen LogP contribution in [0.1, 0.15) is 30.7 Å². The Hall–Kier alpha value is -2.55. The van der Waals surface area contributed by atoms with Crippen LogP contribution in [0.3, 0.4) is 0 Å². The van der Waals surface area contributed by atoms with Crippen LogP contribution in [0.2, 0.25) is 0 Å². The standard InChI is InChI=1S/C15H14F2N4/c1-3-9-10(8-18)15(21-20-12(9)4-2)19-13-7-5-6-11(16)14(13)17/h5-7H,3-4H2,1-2H3,(H,19,21). The first-order valence-electron chi connectivity index (χ1n) is 6.61. The summed E-state index contributed by atoms with van der Waals surface area (Å²) in [6.45, 7) is 3.83. The number of aryl methyl sites for hydroxylation is 1. The Bertz CT molecular complexity index is 708. The average Bonchev–Trinajstić information content (AvgIpc) is 2.51. The van der Waals surface area contributed by atoms with Crippen molar-refractivity contribution in [1.82, 2.24) is 10.2 Å². The van der Waals surface area contributed by atoms with Crippen LogP contribution in [0, 0.1) is 23.0 Å². The molecule has 2 aromatic rings. The molecule has 0 bridgehead atoms. The van der Waals surface area contributed by atoms with Crippen LogP contribution in [0.25, 0.3) is 0 Å². The van der Waals surface area contributed by atoms with Gasteiger partial charge >= 0.3 is 0 Å². The van der Waals surface area contributed by atoms with Gasteiger partial charge in [0.05, 0.1) is 11.4 Å². The van der Waals surface area contributed by atoms with E-state index in [2.05, 4.69) is 21.6 Å². The van der Waals surface area contributed by atoms with Crippen molar-refractivity contribution in [2.75, 3.05) is 5.32 Å². The summed E-state index contributed by atoms with van der Waals surface area (Å²) < 4.78 is 26.9. The van der Waals surface area contributed by atoms with Crippen LogP contribution in [-0.2, 0) is 12.8 Å². The van der Waals surface area contributed by atoms with Gasteiger partial charge < -0.3 is 5.32 Å². The zero-order valence-electron chi connectivity index (χ0n) is 11.7. The van der Waals surface area contributed by atoms with E-state index in [1.54, 1.807) is 0 Å². The minimum atomic E-state index is -1.01. The fourth-order valence-corrected chi connectivity index (χ4v) is 2.11. The first-order valence-corrected chi connectivity index (χ1v) is 6.61. The highest BCUT2D eigenvalue weighted by atomic mass is 19.2. The van der Waals surface area contributed by atoms with Crippen molar-refractivity contribution in [2.45, 2.75) is 26.7 Å². The molecule has 2 rings (SSSR count). The number of nitriles is 1. The fourth-order valence-electron chi connectivity index (χ4n) is 2.11. The highest BCUT2D eigenvalue weighted by Gasteiger charge is 2.16. The molecule has 108 valence electrons. The molecular weight excluding hydrogens is 274 g/mol. The summed E-state index contributed by atoms with van der Waals surface area (Å²) in [6, 6.07) is 5.84. The maximum atomic E-state index is 13.7. The third-order valence-electron chi connectivity index (χ3n) is 3.16. The normalized spacial score (nSPS) is 10.2. The Morgan fingerprint density at radius 3 is 2.57 bits per heavy atom. The van der Waals surface area contributed by atoms with Crippen LogP contribution < -0.4 is 5.32 Å². The van der Waals surface area contributed by atoms with Crippen molar-refractivity contribution in [3.8, 4) is 6.07 Å². The molecule has 1 N–H and O–H groups in total. The number of nitrogens with one attached hydrogen (secondary N) is 1. The van der Waals surface area contributed by atoms with Gasteiger partial charge in [0.2, 0.25) is 0 Å². The van der Waals surface area contributed by atoms with Crippen LogP contribution in [0.4, 0.5) is 20.3 Å². The minimum absolute atomic E-state index is 0.0768. The molecule has 0 atom stereocenters. The predicted molar refractivity (Wildman–Crippen MR) is 75.1 cm³/mol. The molecule has 1 heterocycles. The second-order valence-corrected chi connectivity index (χ2v) is 4.39. The highest BCUT2D eigenvalue weighted by molar-refractivity contribution is 5.65. The Morgan fingerprint density at radius 2 is 1.95 bits per heavy atom. The number of anilines is 2. The lowest BCUT2D eigenvalue weighted by Gasteiger charge is -2.12. The molecule has 0 aliphatic rings. The van der Waals surface area contributed by atoms with Crippen LogP contribution >= 0.6 is 0 Å². The van der Waals surface area contributed by atoms with E-state index in [1.807, 2.05) is 13.8 Å². The van der Waals surface area contributed by atoms with Gasteiger partial charge in [-0.15, -0.1) is 5.10 Å². The Balaban J connectivity index is 2.50. The van der Waals surface area contributed by atoms with Crippen LogP contribution in [0.5, 0.6) is 0 Å². The molecule has 0 fully saturated rings. The number of hydrogen-bond acceptors (Lipinski definition) is 4. The summed E-state index contributed by atoms with van der Waals surface area (Å²) in [7, 11) is 0. The number of hydrogen-bond donors (Lipinski definition) is 1. The zero-order chi connectivity index (χ0) is 15.4.